The lowest BCUT2D eigenvalue weighted by molar-refractivity contribution is -0.140. The number of nitrogens with zero attached hydrogens (tertiary/aromatic N) is 2. The van der Waals surface area contributed by atoms with Gasteiger partial charge in [0.05, 0.1) is 10.6 Å². The summed E-state index contributed by atoms with van der Waals surface area (Å²) in [6.45, 7) is 8.99. The van der Waals surface area contributed by atoms with Crippen LogP contribution in [-0.2, 0) is 26.2 Å². The summed E-state index contributed by atoms with van der Waals surface area (Å²) in [5.74, 6) is -0.871. The Hall–Kier alpha value is -3.07. The third-order valence-corrected chi connectivity index (χ3v) is 8.97. The first-order valence-electron chi connectivity index (χ1n) is 13.1. The molecule has 0 saturated heterocycles. The quantitative estimate of drug-likeness (QED) is 0.289. The van der Waals surface area contributed by atoms with Crippen LogP contribution in [0.5, 0.6) is 0 Å². The Balaban J connectivity index is 2.12. The van der Waals surface area contributed by atoms with E-state index in [1.165, 1.54) is 17.0 Å². The molecule has 10 heteroatoms. The van der Waals surface area contributed by atoms with Gasteiger partial charge in [-0.15, -0.1) is 0 Å². The third-order valence-electron chi connectivity index (χ3n) is 6.61. The van der Waals surface area contributed by atoms with E-state index in [0.29, 0.717) is 39.8 Å². The molecule has 0 heterocycles. The van der Waals surface area contributed by atoms with Crippen molar-refractivity contribution in [3.8, 4) is 0 Å². The molecular weight excluding hydrogens is 569 g/mol. The number of hydrogen-bond donors (Lipinski definition) is 1. The summed E-state index contributed by atoms with van der Waals surface area (Å²) < 4.78 is 29.2. The summed E-state index contributed by atoms with van der Waals surface area (Å²) >= 11 is 12.5. The van der Waals surface area contributed by atoms with E-state index in [-0.39, 0.29) is 17.3 Å². The fourth-order valence-corrected chi connectivity index (χ4v) is 6.32. The van der Waals surface area contributed by atoms with E-state index >= 15 is 0 Å². The number of sulfonamides is 1. The number of carbonyl (C=O) groups is 2. The van der Waals surface area contributed by atoms with Crippen LogP contribution in [0, 0.1) is 20.8 Å². The van der Waals surface area contributed by atoms with Crippen molar-refractivity contribution in [3.63, 3.8) is 0 Å². The fourth-order valence-electron chi connectivity index (χ4n) is 4.38. The van der Waals surface area contributed by atoms with Crippen LogP contribution >= 0.6 is 23.2 Å². The minimum atomic E-state index is -4.15. The number of rotatable bonds is 11. The summed E-state index contributed by atoms with van der Waals surface area (Å²) in [6, 6.07) is 16.0. The van der Waals surface area contributed by atoms with Crippen molar-refractivity contribution in [2.45, 2.75) is 58.5 Å². The van der Waals surface area contributed by atoms with Crippen LogP contribution in [-0.4, -0.2) is 44.3 Å². The molecule has 2 amide bonds. The molecular formula is C30H35Cl2N3O4S. The lowest BCUT2D eigenvalue weighted by Crippen LogP contribution is -2.52. The summed E-state index contributed by atoms with van der Waals surface area (Å²) in [6.07, 6.45) is 0.316. The Morgan fingerprint density at radius 2 is 1.55 bits per heavy atom. The topological polar surface area (TPSA) is 86.8 Å². The molecule has 0 fully saturated rings. The summed E-state index contributed by atoms with van der Waals surface area (Å²) in [7, 11) is -4.15. The molecule has 7 nitrogen and oxygen atoms in total. The highest BCUT2D eigenvalue weighted by Crippen LogP contribution is 2.29. The maximum Gasteiger partial charge on any atom is 0.264 e. The van der Waals surface area contributed by atoms with Gasteiger partial charge in [-0.1, -0.05) is 66.0 Å². The first-order valence-corrected chi connectivity index (χ1v) is 15.3. The number of anilines is 1. The molecule has 0 radical (unpaired) electrons. The molecule has 1 atom stereocenters. The molecule has 214 valence electrons. The van der Waals surface area contributed by atoms with Crippen molar-refractivity contribution in [2.75, 3.05) is 17.4 Å². The number of halogens is 2. The average Bonchev–Trinajstić information content (AvgIpc) is 2.90. The van der Waals surface area contributed by atoms with Crippen LogP contribution in [0.3, 0.4) is 0 Å². The second kappa shape index (κ2) is 13.5. The number of hydrogen-bond acceptors (Lipinski definition) is 4. The molecule has 0 bridgehead atoms. The monoisotopic (exact) mass is 603 g/mol. The second-order valence-corrected chi connectivity index (χ2v) is 12.4. The Labute approximate surface area is 247 Å². The van der Waals surface area contributed by atoms with Crippen LogP contribution < -0.4 is 9.62 Å². The van der Waals surface area contributed by atoms with Crippen LogP contribution in [0.4, 0.5) is 5.69 Å². The van der Waals surface area contributed by atoms with Crippen molar-refractivity contribution < 1.29 is 18.0 Å². The van der Waals surface area contributed by atoms with Crippen LogP contribution in [0.1, 0.15) is 42.5 Å². The van der Waals surface area contributed by atoms with E-state index in [4.69, 9.17) is 23.2 Å². The minimum Gasteiger partial charge on any atom is -0.355 e. The van der Waals surface area contributed by atoms with Crippen molar-refractivity contribution in [3.05, 3.63) is 93.0 Å². The molecule has 0 aliphatic heterocycles. The zero-order chi connectivity index (χ0) is 29.6. The van der Waals surface area contributed by atoms with Gasteiger partial charge >= 0.3 is 0 Å². The predicted molar refractivity (Wildman–Crippen MR) is 161 cm³/mol. The highest BCUT2D eigenvalue weighted by atomic mass is 35.5. The molecule has 0 spiro atoms. The van der Waals surface area contributed by atoms with E-state index in [9.17, 15) is 18.0 Å². The van der Waals surface area contributed by atoms with Gasteiger partial charge in [-0.2, -0.15) is 0 Å². The van der Waals surface area contributed by atoms with Gasteiger partial charge in [0.1, 0.15) is 12.6 Å². The SMILES string of the molecule is CCNC(=O)C(CC)N(Cc1ccc(Cl)cc1Cl)C(=O)CN(c1cc(C)ccc1C)S(=O)(=O)c1ccc(C)cc1. The highest BCUT2D eigenvalue weighted by Gasteiger charge is 2.34. The molecule has 0 aromatic heterocycles. The van der Waals surface area contributed by atoms with Crippen LogP contribution in [0.15, 0.2) is 65.6 Å². The van der Waals surface area contributed by atoms with Gasteiger partial charge in [-0.05, 0) is 81.1 Å². The van der Waals surface area contributed by atoms with Gasteiger partial charge in [0.15, 0.2) is 0 Å². The molecule has 1 unspecified atom stereocenters. The summed E-state index contributed by atoms with van der Waals surface area (Å²) in [4.78, 5) is 28.6. The molecule has 3 aromatic carbocycles. The van der Waals surface area contributed by atoms with Crippen molar-refractivity contribution in [1.29, 1.82) is 0 Å². The second-order valence-electron chi connectivity index (χ2n) is 9.69. The summed E-state index contributed by atoms with van der Waals surface area (Å²) in [5, 5.41) is 3.57. The number of carbonyl (C=O) groups excluding carboxylic acids is 2. The van der Waals surface area contributed by atoms with Gasteiger partial charge in [0.25, 0.3) is 10.0 Å². The van der Waals surface area contributed by atoms with E-state index in [1.807, 2.05) is 26.0 Å². The summed E-state index contributed by atoms with van der Waals surface area (Å²) in [5.41, 5.74) is 3.42. The van der Waals surface area contributed by atoms with E-state index < -0.39 is 28.5 Å². The molecule has 3 rings (SSSR count). The zero-order valence-corrected chi connectivity index (χ0v) is 25.7. The number of nitrogens with one attached hydrogen (secondary N) is 1. The Kier molecular flexibility index (Phi) is 10.6. The number of amides is 2. The van der Waals surface area contributed by atoms with Crippen LogP contribution in [0.25, 0.3) is 0 Å². The standard InChI is InChI=1S/C30H35Cl2N3O4S/c1-6-27(30(37)33-7-2)34(18-23-12-13-24(31)17-26(23)32)29(36)19-35(28-16-21(4)8-11-22(28)5)40(38,39)25-14-9-20(3)10-15-25/h8-17,27H,6-7,18-19H2,1-5H3,(H,33,37). The lowest BCUT2D eigenvalue weighted by atomic mass is 10.1. The van der Waals surface area contributed by atoms with Crippen molar-refractivity contribution >= 4 is 50.7 Å². The molecule has 3 aromatic rings. The Morgan fingerprint density at radius 1 is 0.900 bits per heavy atom. The van der Waals surface area contributed by atoms with E-state index in [1.54, 1.807) is 57.2 Å². The first-order chi connectivity index (χ1) is 18.9. The van der Waals surface area contributed by atoms with Gasteiger partial charge in [0.2, 0.25) is 11.8 Å². The average molecular weight is 605 g/mol. The van der Waals surface area contributed by atoms with Gasteiger partial charge < -0.3 is 10.2 Å². The smallest absolute Gasteiger partial charge is 0.264 e. The van der Waals surface area contributed by atoms with Gasteiger partial charge in [-0.25, -0.2) is 8.42 Å². The predicted octanol–water partition coefficient (Wildman–Crippen LogP) is 6.06. The third kappa shape index (κ3) is 7.36. The minimum absolute atomic E-state index is 0.00427. The maximum absolute atomic E-state index is 14.1. The fraction of sp³-hybridized carbons (Fsp3) is 0.333. The highest BCUT2D eigenvalue weighted by molar-refractivity contribution is 7.92. The largest absolute Gasteiger partial charge is 0.355 e. The maximum atomic E-state index is 14.1. The lowest BCUT2D eigenvalue weighted by Gasteiger charge is -2.33. The van der Waals surface area contributed by atoms with Crippen LogP contribution in [0.2, 0.25) is 10.0 Å². The normalized spacial score (nSPS) is 12.1. The van der Waals surface area contributed by atoms with E-state index in [0.717, 1.165) is 15.4 Å². The molecule has 0 aliphatic carbocycles. The molecule has 0 saturated carbocycles. The molecule has 0 aliphatic rings. The van der Waals surface area contributed by atoms with Crippen molar-refractivity contribution in [2.24, 2.45) is 0 Å². The zero-order valence-electron chi connectivity index (χ0n) is 23.4. The number of benzene rings is 3. The molecule has 40 heavy (non-hydrogen) atoms. The number of aryl methyl sites for hydroxylation is 3. The van der Waals surface area contributed by atoms with Gasteiger partial charge in [0, 0.05) is 23.1 Å². The Bertz CT molecular complexity index is 1480. The van der Waals surface area contributed by atoms with Gasteiger partial charge in [-0.3, -0.25) is 13.9 Å². The molecule has 1 N–H and O–H groups in total. The van der Waals surface area contributed by atoms with E-state index in [2.05, 4.69) is 5.32 Å². The number of likely N-dealkylation sites (N-methyl/N-ethyl adjacent to an activating group) is 1. The Morgan fingerprint density at radius 3 is 2.15 bits per heavy atom. The van der Waals surface area contributed by atoms with Crippen molar-refractivity contribution in [1.82, 2.24) is 10.2 Å². The first kappa shape index (κ1) is 31.5.